The van der Waals surface area contributed by atoms with Crippen LogP contribution in [0.1, 0.15) is 35.8 Å². The van der Waals surface area contributed by atoms with Crippen LogP contribution >= 0.6 is 0 Å². The van der Waals surface area contributed by atoms with E-state index in [2.05, 4.69) is 5.32 Å². The molecule has 112 valence electrons. The Morgan fingerprint density at radius 1 is 1.10 bits per heavy atom. The van der Waals surface area contributed by atoms with Crippen LogP contribution in [0, 0.1) is 18.6 Å². The Labute approximate surface area is 123 Å². The van der Waals surface area contributed by atoms with Crippen LogP contribution in [0.3, 0.4) is 0 Å². The summed E-state index contributed by atoms with van der Waals surface area (Å²) in [5.41, 5.74) is 2.38. The van der Waals surface area contributed by atoms with Gasteiger partial charge in [-0.15, -0.1) is 0 Å². The van der Waals surface area contributed by atoms with Crippen LogP contribution in [0.15, 0.2) is 42.5 Å². The zero-order chi connectivity index (χ0) is 15.4. The Kier molecular flexibility index (Phi) is 5.04. The SMILES string of the molecule is Cc1ccccc1[C@@H](C)NCC(O)c1ccc(F)cc1F. The predicted octanol–water partition coefficient (Wildman–Crippen LogP) is 3.66. The Morgan fingerprint density at radius 2 is 1.81 bits per heavy atom. The van der Waals surface area contributed by atoms with E-state index in [4.69, 9.17) is 0 Å². The Hall–Kier alpha value is -1.78. The van der Waals surface area contributed by atoms with E-state index >= 15 is 0 Å². The van der Waals surface area contributed by atoms with Gasteiger partial charge >= 0.3 is 0 Å². The van der Waals surface area contributed by atoms with Crippen molar-refractivity contribution in [1.29, 1.82) is 0 Å². The topological polar surface area (TPSA) is 32.3 Å². The van der Waals surface area contributed by atoms with Crippen molar-refractivity contribution in [2.45, 2.75) is 26.0 Å². The van der Waals surface area contributed by atoms with Crippen LogP contribution < -0.4 is 5.32 Å². The summed E-state index contributed by atoms with van der Waals surface area (Å²) in [7, 11) is 0. The molecule has 0 heterocycles. The number of nitrogens with one attached hydrogen (secondary N) is 1. The van der Waals surface area contributed by atoms with Crippen LogP contribution in [0.25, 0.3) is 0 Å². The largest absolute Gasteiger partial charge is 0.387 e. The van der Waals surface area contributed by atoms with Crippen molar-refractivity contribution < 1.29 is 13.9 Å². The molecule has 4 heteroatoms. The van der Waals surface area contributed by atoms with Gasteiger partial charge in [-0.05, 0) is 31.0 Å². The van der Waals surface area contributed by atoms with Crippen LogP contribution in [0.2, 0.25) is 0 Å². The highest BCUT2D eigenvalue weighted by Crippen LogP contribution is 2.20. The van der Waals surface area contributed by atoms with Gasteiger partial charge < -0.3 is 10.4 Å². The van der Waals surface area contributed by atoms with E-state index in [-0.39, 0.29) is 18.2 Å². The molecule has 2 aromatic carbocycles. The third-order valence-electron chi connectivity index (χ3n) is 3.59. The molecule has 2 rings (SSSR count). The van der Waals surface area contributed by atoms with Crippen LogP contribution in [-0.4, -0.2) is 11.7 Å². The van der Waals surface area contributed by atoms with Gasteiger partial charge in [0.05, 0.1) is 6.10 Å². The van der Waals surface area contributed by atoms with Gasteiger partial charge in [-0.1, -0.05) is 30.3 Å². The smallest absolute Gasteiger partial charge is 0.131 e. The number of hydrogen-bond acceptors (Lipinski definition) is 2. The molecule has 21 heavy (non-hydrogen) atoms. The average molecular weight is 291 g/mol. The molecule has 0 aliphatic heterocycles. The van der Waals surface area contributed by atoms with E-state index in [1.807, 2.05) is 38.1 Å². The summed E-state index contributed by atoms with van der Waals surface area (Å²) < 4.78 is 26.4. The minimum absolute atomic E-state index is 0.0318. The summed E-state index contributed by atoms with van der Waals surface area (Å²) in [4.78, 5) is 0. The molecule has 2 aromatic rings. The summed E-state index contributed by atoms with van der Waals surface area (Å²) in [5, 5.41) is 13.2. The fraction of sp³-hybridized carbons (Fsp3) is 0.294. The Balaban J connectivity index is 2.01. The van der Waals surface area contributed by atoms with Crippen LogP contribution in [0.4, 0.5) is 8.78 Å². The number of rotatable bonds is 5. The van der Waals surface area contributed by atoms with E-state index in [0.717, 1.165) is 23.3 Å². The normalized spacial score (nSPS) is 14.0. The molecule has 0 amide bonds. The first-order valence-corrected chi connectivity index (χ1v) is 6.91. The fourth-order valence-corrected chi connectivity index (χ4v) is 2.35. The van der Waals surface area contributed by atoms with E-state index in [9.17, 15) is 13.9 Å². The van der Waals surface area contributed by atoms with Crippen molar-refractivity contribution in [2.24, 2.45) is 0 Å². The molecule has 2 atom stereocenters. The molecule has 2 nitrogen and oxygen atoms in total. The van der Waals surface area contributed by atoms with Crippen molar-refractivity contribution in [1.82, 2.24) is 5.32 Å². The molecule has 1 unspecified atom stereocenters. The summed E-state index contributed by atoms with van der Waals surface area (Å²) >= 11 is 0. The predicted molar refractivity (Wildman–Crippen MR) is 78.9 cm³/mol. The van der Waals surface area contributed by atoms with E-state index in [0.29, 0.717) is 0 Å². The summed E-state index contributed by atoms with van der Waals surface area (Å²) in [5.74, 6) is -1.38. The number of halogens is 2. The quantitative estimate of drug-likeness (QED) is 0.881. The molecular formula is C17H19F2NO. The van der Waals surface area contributed by atoms with Gasteiger partial charge in [-0.2, -0.15) is 0 Å². The van der Waals surface area contributed by atoms with Gasteiger partial charge in [0.25, 0.3) is 0 Å². The van der Waals surface area contributed by atoms with Crippen LogP contribution in [0.5, 0.6) is 0 Å². The third kappa shape index (κ3) is 3.86. The van der Waals surface area contributed by atoms with Crippen LogP contribution in [-0.2, 0) is 0 Å². The maximum atomic E-state index is 13.6. The van der Waals surface area contributed by atoms with Crippen molar-refractivity contribution >= 4 is 0 Å². The molecule has 2 N–H and O–H groups in total. The van der Waals surface area contributed by atoms with E-state index < -0.39 is 17.7 Å². The zero-order valence-corrected chi connectivity index (χ0v) is 12.1. The van der Waals surface area contributed by atoms with Crippen molar-refractivity contribution in [2.75, 3.05) is 6.54 Å². The lowest BCUT2D eigenvalue weighted by molar-refractivity contribution is 0.166. The molecular weight excluding hydrogens is 272 g/mol. The maximum Gasteiger partial charge on any atom is 0.131 e. The van der Waals surface area contributed by atoms with Gasteiger partial charge in [0, 0.05) is 24.2 Å². The van der Waals surface area contributed by atoms with Gasteiger partial charge in [-0.3, -0.25) is 0 Å². The first kappa shape index (κ1) is 15.6. The fourth-order valence-electron chi connectivity index (χ4n) is 2.35. The number of benzene rings is 2. The van der Waals surface area contributed by atoms with E-state index in [1.165, 1.54) is 6.07 Å². The maximum absolute atomic E-state index is 13.6. The summed E-state index contributed by atoms with van der Waals surface area (Å²) in [6.07, 6.45) is -1.02. The summed E-state index contributed by atoms with van der Waals surface area (Å²) in [6, 6.07) is 11.2. The number of aliphatic hydroxyl groups excluding tert-OH is 1. The minimum Gasteiger partial charge on any atom is -0.387 e. The molecule has 0 fully saturated rings. The van der Waals surface area contributed by atoms with Gasteiger partial charge in [-0.25, -0.2) is 8.78 Å². The second kappa shape index (κ2) is 6.78. The molecule has 0 saturated heterocycles. The molecule has 0 radical (unpaired) electrons. The first-order valence-electron chi connectivity index (χ1n) is 6.91. The number of hydrogen-bond donors (Lipinski definition) is 2. The van der Waals surface area contributed by atoms with Gasteiger partial charge in [0.15, 0.2) is 0 Å². The lowest BCUT2D eigenvalue weighted by atomic mass is 10.0. The van der Waals surface area contributed by atoms with Crippen molar-refractivity contribution in [3.8, 4) is 0 Å². The number of aryl methyl sites for hydroxylation is 1. The molecule has 0 aliphatic rings. The zero-order valence-electron chi connectivity index (χ0n) is 12.1. The van der Waals surface area contributed by atoms with Crippen molar-refractivity contribution in [3.05, 3.63) is 70.8 Å². The minimum atomic E-state index is -1.02. The van der Waals surface area contributed by atoms with Crippen molar-refractivity contribution in [3.63, 3.8) is 0 Å². The lowest BCUT2D eigenvalue weighted by Gasteiger charge is -2.19. The van der Waals surface area contributed by atoms with Gasteiger partial charge in [0.1, 0.15) is 11.6 Å². The highest BCUT2D eigenvalue weighted by atomic mass is 19.1. The molecule has 0 aromatic heterocycles. The van der Waals surface area contributed by atoms with Gasteiger partial charge in [0.2, 0.25) is 0 Å². The van der Waals surface area contributed by atoms with E-state index in [1.54, 1.807) is 0 Å². The average Bonchev–Trinajstić information content (AvgIpc) is 2.45. The molecule has 0 spiro atoms. The Bertz CT molecular complexity index is 615. The second-order valence-corrected chi connectivity index (χ2v) is 5.17. The number of aliphatic hydroxyl groups is 1. The lowest BCUT2D eigenvalue weighted by Crippen LogP contribution is -2.25. The molecule has 0 aliphatic carbocycles. The summed E-state index contributed by atoms with van der Waals surface area (Å²) in [6.45, 7) is 4.19. The monoisotopic (exact) mass is 291 g/mol. The Morgan fingerprint density at radius 3 is 2.48 bits per heavy atom. The second-order valence-electron chi connectivity index (χ2n) is 5.17. The first-order chi connectivity index (χ1) is 9.99. The molecule has 0 bridgehead atoms. The third-order valence-corrected chi connectivity index (χ3v) is 3.59. The molecule has 0 saturated carbocycles. The highest BCUT2D eigenvalue weighted by molar-refractivity contribution is 5.28. The highest BCUT2D eigenvalue weighted by Gasteiger charge is 2.15. The standard InChI is InChI=1S/C17H19F2NO/c1-11-5-3-4-6-14(11)12(2)20-10-17(21)15-8-7-13(18)9-16(15)19/h3-9,12,17,20-21H,10H2,1-2H3/t12-,17?/m1/s1.